The number of benzene rings is 1. The predicted molar refractivity (Wildman–Crippen MR) is 76.1 cm³/mol. The number of hydrogen-bond acceptors (Lipinski definition) is 3. The Morgan fingerprint density at radius 3 is 3.26 bits per heavy atom. The molecule has 2 aliphatic heterocycles. The summed E-state index contributed by atoms with van der Waals surface area (Å²) >= 11 is 0. The third kappa shape index (κ3) is 2.73. The molecular weight excluding hydrogens is 238 g/mol. The van der Waals surface area contributed by atoms with Crippen LogP contribution in [0, 0.1) is 0 Å². The summed E-state index contributed by atoms with van der Waals surface area (Å²) in [4.78, 5) is 13.5. The second kappa shape index (κ2) is 5.21. The summed E-state index contributed by atoms with van der Waals surface area (Å²) in [7, 11) is 0. The molecule has 2 N–H and O–H groups in total. The second-order valence-corrected chi connectivity index (χ2v) is 5.55. The lowest BCUT2D eigenvalue weighted by atomic mass is 10.1. The molecule has 0 radical (unpaired) electrons. The Morgan fingerprint density at radius 2 is 2.42 bits per heavy atom. The van der Waals surface area contributed by atoms with Crippen LogP contribution in [0.3, 0.4) is 0 Å². The maximum atomic E-state index is 11.1. The number of para-hydroxylation sites is 1. The van der Waals surface area contributed by atoms with Crippen molar-refractivity contribution < 1.29 is 4.79 Å². The Morgan fingerprint density at radius 1 is 1.53 bits per heavy atom. The van der Waals surface area contributed by atoms with E-state index in [1.165, 1.54) is 16.8 Å². The lowest BCUT2D eigenvalue weighted by Crippen LogP contribution is -2.35. The fourth-order valence-electron chi connectivity index (χ4n) is 3.17. The largest absolute Gasteiger partial charge is 0.384 e. The van der Waals surface area contributed by atoms with Gasteiger partial charge in [0, 0.05) is 44.8 Å². The Balaban J connectivity index is 1.64. The highest BCUT2D eigenvalue weighted by Gasteiger charge is 2.24. The van der Waals surface area contributed by atoms with E-state index in [0.29, 0.717) is 6.04 Å². The van der Waals surface area contributed by atoms with Gasteiger partial charge in [0.25, 0.3) is 0 Å². The molecule has 1 unspecified atom stereocenters. The second-order valence-electron chi connectivity index (χ2n) is 5.55. The van der Waals surface area contributed by atoms with E-state index in [9.17, 15) is 4.79 Å². The van der Waals surface area contributed by atoms with E-state index in [4.69, 9.17) is 0 Å². The van der Waals surface area contributed by atoms with Gasteiger partial charge in [-0.3, -0.25) is 9.69 Å². The SMILES string of the molecule is CC(=O)NC1CCN(Cc2cccc3c2NCC3)C1. The van der Waals surface area contributed by atoms with Crippen molar-refractivity contribution in [2.45, 2.75) is 32.4 Å². The predicted octanol–water partition coefficient (Wildman–Crippen LogP) is 1.36. The van der Waals surface area contributed by atoms with E-state index in [1.54, 1.807) is 6.92 Å². The average Bonchev–Trinajstić information content (AvgIpc) is 2.98. The van der Waals surface area contributed by atoms with Crippen LogP contribution < -0.4 is 10.6 Å². The first kappa shape index (κ1) is 12.5. The van der Waals surface area contributed by atoms with Gasteiger partial charge in [-0.15, -0.1) is 0 Å². The van der Waals surface area contributed by atoms with Crippen LogP contribution >= 0.6 is 0 Å². The van der Waals surface area contributed by atoms with Gasteiger partial charge < -0.3 is 10.6 Å². The van der Waals surface area contributed by atoms with Crippen molar-refractivity contribution in [3.63, 3.8) is 0 Å². The van der Waals surface area contributed by atoms with Crippen molar-refractivity contribution in [2.75, 3.05) is 25.0 Å². The minimum absolute atomic E-state index is 0.0779. The molecule has 3 rings (SSSR count). The lowest BCUT2D eigenvalue weighted by Gasteiger charge is -2.18. The Kier molecular flexibility index (Phi) is 3.42. The van der Waals surface area contributed by atoms with E-state index in [0.717, 1.165) is 39.0 Å². The number of amides is 1. The highest BCUT2D eigenvalue weighted by Crippen LogP contribution is 2.28. The summed E-state index contributed by atoms with van der Waals surface area (Å²) in [5.74, 6) is 0.0779. The number of nitrogens with one attached hydrogen (secondary N) is 2. The highest BCUT2D eigenvalue weighted by atomic mass is 16.1. The number of carbonyl (C=O) groups is 1. The zero-order valence-corrected chi connectivity index (χ0v) is 11.4. The van der Waals surface area contributed by atoms with E-state index in [1.807, 2.05) is 0 Å². The first-order chi connectivity index (χ1) is 9.22. The van der Waals surface area contributed by atoms with Crippen LogP contribution in [0.1, 0.15) is 24.5 Å². The van der Waals surface area contributed by atoms with Crippen LogP contribution in [-0.4, -0.2) is 36.5 Å². The molecule has 0 aliphatic carbocycles. The van der Waals surface area contributed by atoms with Crippen LogP contribution in [0.2, 0.25) is 0 Å². The lowest BCUT2D eigenvalue weighted by molar-refractivity contribution is -0.119. The average molecular weight is 259 g/mol. The Labute approximate surface area is 114 Å². The molecule has 19 heavy (non-hydrogen) atoms. The quantitative estimate of drug-likeness (QED) is 0.861. The summed E-state index contributed by atoms with van der Waals surface area (Å²) < 4.78 is 0. The molecule has 4 heteroatoms. The van der Waals surface area contributed by atoms with Crippen LogP contribution in [0.5, 0.6) is 0 Å². The molecule has 1 fully saturated rings. The minimum atomic E-state index is 0.0779. The number of carbonyl (C=O) groups excluding carboxylic acids is 1. The molecule has 1 amide bonds. The molecule has 0 saturated carbocycles. The van der Waals surface area contributed by atoms with Gasteiger partial charge in [0.15, 0.2) is 0 Å². The number of anilines is 1. The molecule has 1 saturated heterocycles. The van der Waals surface area contributed by atoms with Crippen molar-refractivity contribution >= 4 is 11.6 Å². The fraction of sp³-hybridized carbons (Fsp3) is 0.533. The first-order valence-electron chi connectivity index (χ1n) is 7.06. The standard InChI is InChI=1S/C15H21N3O/c1-11(19)17-14-6-8-18(10-14)9-13-4-2-3-12-5-7-16-15(12)13/h2-4,14,16H,5-10H2,1H3,(H,17,19). The number of likely N-dealkylation sites (tertiary alicyclic amines) is 1. The Hall–Kier alpha value is -1.55. The van der Waals surface area contributed by atoms with Crippen LogP contribution in [0.15, 0.2) is 18.2 Å². The molecular formula is C15H21N3O. The normalized spacial score (nSPS) is 22.1. The number of rotatable bonds is 3. The summed E-state index contributed by atoms with van der Waals surface area (Å²) in [6.45, 7) is 5.65. The maximum Gasteiger partial charge on any atom is 0.217 e. The van der Waals surface area contributed by atoms with Gasteiger partial charge in [0.05, 0.1) is 0 Å². The molecule has 4 nitrogen and oxygen atoms in total. The summed E-state index contributed by atoms with van der Waals surface area (Å²) in [5, 5.41) is 6.50. The molecule has 102 valence electrons. The summed E-state index contributed by atoms with van der Waals surface area (Å²) in [5.41, 5.74) is 4.17. The van der Waals surface area contributed by atoms with Crippen LogP contribution in [-0.2, 0) is 17.8 Å². The van der Waals surface area contributed by atoms with E-state index in [2.05, 4.69) is 33.7 Å². The monoisotopic (exact) mass is 259 g/mol. The number of fused-ring (bicyclic) bond motifs is 1. The van der Waals surface area contributed by atoms with E-state index < -0.39 is 0 Å². The zero-order valence-electron chi connectivity index (χ0n) is 11.4. The van der Waals surface area contributed by atoms with Gasteiger partial charge in [-0.05, 0) is 24.0 Å². The number of hydrogen-bond donors (Lipinski definition) is 2. The zero-order chi connectivity index (χ0) is 13.2. The molecule has 1 aromatic rings. The summed E-state index contributed by atoms with van der Waals surface area (Å²) in [6.07, 6.45) is 2.19. The van der Waals surface area contributed by atoms with Crippen molar-refractivity contribution in [1.82, 2.24) is 10.2 Å². The molecule has 2 heterocycles. The molecule has 2 aliphatic rings. The van der Waals surface area contributed by atoms with Crippen molar-refractivity contribution in [3.05, 3.63) is 29.3 Å². The molecule has 0 bridgehead atoms. The van der Waals surface area contributed by atoms with Crippen LogP contribution in [0.4, 0.5) is 5.69 Å². The number of nitrogens with zero attached hydrogens (tertiary/aromatic N) is 1. The van der Waals surface area contributed by atoms with Gasteiger partial charge in [0.1, 0.15) is 0 Å². The molecule has 1 aromatic carbocycles. The topological polar surface area (TPSA) is 44.4 Å². The molecule has 0 aromatic heterocycles. The van der Waals surface area contributed by atoms with Crippen LogP contribution in [0.25, 0.3) is 0 Å². The van der Waals surface area contributed by atoms with Crippen molar-refractivity contribution in [3.8, 4) is 0 Å². The van der Waals surface area contributed by atoms with Gasteiger partial charge >= 0.3 is 0 Å². The van der Waals surface area contributed by atoms with Crippen molar-refractivity contribution in [2.24, 2.45) is 0 Å². The minimum Gasteiger partial charge on any atom is -0.384 e. The highest BCUT2D eigenvalue weighted by molar-refractivity contribution is 5.73. The van der Waals surface area contributed by atoms with Crippen molar-refractivity contribution in [1.29, 1.82) is 0 Å². The smallest absolute Gasteiger partial charge is 0.217 e. The Bertz CT molecular complexity index is 486. The van der Waals surface area contributed by atoms with Gasteiger partial charge in [-0.1, -0.05) is 18.2 Å². The van der Waals surface area contributed by atoms with Gasteiger partial charge in [-0.25, -0.2) is 0 Å². The summed E-state index contributed by atoms with van der Waals surface area (Å²) in [6, 6.07) is 6.90. The van der Waals surface area contributed by atoms with Gasteiger partial charge in [-0.2, -0.15) is 0 Å². The third-order valence-corrected chi connectivity index (χ3v) is 4.01. The fourth-order valence-corrected chi connectivity index (χ4v) is 3.17. The van der Waals surface area contributed by atoms with Gasteiger partial charge in [0.2, 0.25) is 5.91 Å². The van der Waals surface area contributed by atoms with E-state index >= 15 is 0 Å². The molecule has 0 spiro atoms. The maximum absolute atomic E-state index is 11.1. The third-order valence-electron chi connectivity index (χ3n) is 4.01. The molecule has 1 atom stereocenters. The van der Waals surface area contributed by atoms with E-state index in [-0.39, 0.29) is 5.91 Å². The first-order valence-corrected chi connectivity index (χ1v) is 7.06.